The van der Waals surface area contributed by atoms with Gasteiger partial charge in [0.15, 0.2) is 0 Å². The highest BCUT2D eigenvalue weighted by Gasteiger charge is 2.13. The molecule has 3 N–H and O–H groups in total. The Kier molecular flexibility index (Phi) is 9.53. The molecule has 0 amide bonds. The van der Waals surface area contributed by atoms with E-state index in [9.17, 15) is 4.39 Å². The summed E-state index contributed by atoms with van der Waals surface area (Å²) in [4.78, 5) is 0. The molecule has 2 aromatic carbocycles. The normalized spacial score (nSPS) is 12.0. The number of aromatic nitrogens is 2. The number of hydrogen-bond acceptors (Lipinski definition) is 5. The summed E-state index contributed by atoms with van der Waals surface area (Å²) in [7, 11) is 4.87. The predicted octanol–water partition coefficient (Wildman–Crippen LogP) is 5.13. The predicted molar refractivity (Wildman–Crippen MR) is 123 cm³/mol. The maximum absolute atomic E-state index is 14.0. The Labute approximate surface area is 183 Å². The zero-order valence-electron chi connectivity index (χ0n) is 18.4. The van der Waals surface area contributed by atoms with E-state index in [0.29, 0.717) is 17.1 Å². The second-order valence-corrected chi connectivity index (χ2v) is 6.85. The van der Waals surface area contributed by atoms with Crippen LogP contribution in [-0.2, 0) is 0 Å². The third-order valence-corrected chi connectivity index (χ3v) is 4.92. The average Bonchev–Trinajstić information content (AvgIpc) is 3.54. The molecule has 0 unspecified atom stereocenters. The number of anilines is 1. The Morgan fingerprint density at radius 1 is 1.03 bits per heavy atom. The lowest BCUT2D eigenvalue weighted by Crippen LogP contribution is -2.00. The molecular weight excluding hydrogens is 393 g/mol. The fourth-order valence-corrected chi connectivity index (χ4v) is 3.28. The van der Waals surface area contributed by atoms with Crippen LogP contribution in [0.5, 0.6) is 5.75 Å². The zero-order valence-corrected chi connectivity index (χ0v) is 18.4. The number of halogens is 1. The van der Waals surface area contributed by atoms with Gasteiger partial charge in [-0.15, -0.1) is 5.10 Å². The third kappa shape index (κ3) is 6.30. The van der Waals surface area contributed by atoms with Crippen LogP contribution in [0.4, 0.5) is 10.2 Å². The van der Waals surface area contributed by atoms with Crippen LogP contribution in [0.25, 0.3) is 16.9 Å². The third-order valence-electron chi connectivity index (χ3n) is 4.92. The number of nitrogens with one attached hydrogen (secondary N) is 1. The van der Waals surface area contributed by atoms with E-state index in [1.165, 1.54) is 51.3 Å². The van der Waals surface area contributed by atoms with E-state index in [-0.39, 0.29) is 5.56 Å². The summed E-state index contributed by atoms with van der Waals surface area (Å²) in [5.41, 5.74) is 6.68. The van der Waals surface area contributed by atoms with Crippen molar-refractivity contribution in [1.29, 1.82) is 5.26 Å². The quantitative estimate of drug-likeness (QED) is 0.608. The second kappa shape index (κ2) is 12.4. The molecule has 0 atom stereocenters. The number of benzene rings is 2. The van der Waals surface area contributed by atoms with Gasteiger partial charge in [-0.3, -0.25) is 0 Å². The fraction of sp³-hybridized carbons (Fsp3) is 0.333. The first kappa shape index (κ1) is 23.9. The van der Waals surface area contributed by atoms with E-state index in [4.69, 9.17) is 10.00 Å². The van der Waals surface area contributed by atoms with Gasteiger partial charge in [-0.1, -0.05) is 38.2 Å². The summed E-state index contributed by atoms with van der Waals surface area (Å²) in [5, 5.41) is 16.3. The van der Waals surface area contributed by atoms with Gasteiger partial charge in [-0.05, 0) is 43.4 Å². The number of rotatable bonds is 4. The van der Waals surface area contributed by atoms with Crippen LogP contribution < -0.4 is 15.8 Å². The summed E-state index contributed by atoms with van der Waals surface area (Å²) in [6.07, 6.45) is 7.50. The van der Waals surface area contributed by atoms with E-state index in [2.05, 4.69) is 16.1 Å². The molecule has 1 heterocycles. The van der Waals surface area contributed by atoms with Gasteiger partial charge >= 0.3 is 0 Å². The number of hydrogen-bond donors (Lipinski definition) is 2. The average molecular weight is 424 g/mol. The summed E-state index contributed by atoms with van der Waals surface area (Å²) in [5.74, 6) is 0.847. The van der Waals surface area contributed by atoms with Crippen molar-refractivity contribution >= 4 is 5.82 Å². The maximum Gasteiger partial charge on any atom is 0.148 e. The minimum absolute atomic E-state index is 0.0168. The number of ether oxygens (including phenoxy) is 1. The van der Waals surface area contributed by atoms with Crippen molar-refractivity contribution < 1.29 is 9.13 Å². The monoisotopic (exact) mass is 423 g/mol. The number of nitriles is 1. The molecule has 1 aliphatic carbocycles. The van der Waals surface area contributed by atoms with Crippen LogP contribution in [0.3, 0.4) is 0 Å². The molecule has 0 spiro atoms. The molecule has 3 aromatic rings. The van der Waals surface area contributed by atoms with E-state index >= 15 is 0 Å². The molecule has 0 aliphatic heterocycles. The summed E-state index contributed by atoms with van der Waals surface area (Å²) in [6, 6.07) is 15.6. The molecular formula is C24H30FN5O. The van der Waals surface area contributed by atoms with Crippen LogP contribution in [0.2, 0.25) is 0 Å². The fourth-order valence-electron chi connectivity index (χ4n) is 3.28. The summed E-state index contributed by atoms with van der Waals surface area (Å²) in [6.45, 7) is 0. The Morgan fingerprint density at radius 3 is 2.13 bits per heavy atom. The first-order valence-electron chi connectivity index (χ1n) is 10.4. The van der Waals surface area contributed by atoms with Crippen molar-refractivity contribution in [2.24, 2.45) is 5.73 Å². The van der Waals surface area contributed by atoms with Crippen LogP contribution in [-0.4, -0.2) is 31.0 Å². The molecule has 31 heavy (non-hydrogen) atoms. The van der Waals surface area contributed by atoms with Crippen molar-refractivity contribution in [3.05, 3.63) is 59.9 Å². The second-order valence-electron chi connectivity index (χ2n) is 6.85. The van der Waals surface area contributed by atoms with Crippen molar-refractivity contribution in [1.82, 2.24) is 9.78 Å². The molecule has 0 radical (unpaired) electrons. The molecule has 0 saturated heterocycles. The molecule has 4 rings (SSSR count). The van der Waals surface area contributed by atoms with Crippen molar-refractivity contribution in [2.45, 2.75) is 32.1 Å². The molecule has 1 saturated carbocycles. The van der Waals surface area contributed by atoms with Gasteiger partial charge < -0.3 is 15.8 Å². The lowest BCUT2D eigenvalue weighted by atomic mass is 10.1. The van der Waals surface area contributed by atoms with Gasteiger partial charge in [0.2, 0.25) is 0 Å². The zero-order chi connectivity index (χ0) is 22.6. The van der Waals surface area contributed by atoms with E-state index in [1.807, 2.05) is 36.4 Å². The standard InChI is InChI=1S/C18H15FN4O.C5H10.CH5N/c1-21-18-10-17(12-3-4-13(11-20)16(19)9-12)23(22-18)14-5-7-15(24-2)8-6-14;1-2-4-5-3-1;1-2/h3-10H,1-2H3,(H,21,22);1-5H2;2H2,1H3. The summed E-state index contributed by atoms with van der Waals surface area (Å²) < 4.78 is 20.9. The number of nitrogens with zero attached hydrogens (tertiary/aromatic N) is 3. The molecule has 7 heteroatoms. The Balaban J connectivity index is 0.000000420. The van der Waals surface area contributed by atoms with Crippen molar-refractivity contribution in [3.8, 4) is 28.8 Å². The van der Waals surface area contributed by atoms with E-state index in [0.717, 1.165) is 11.4 Å². The van der Waals surface area contributed by atoms with E-state index in [1.54, 1.807) is 24.9 Å². The Bertz CT molecular complexity index is 981. The van der Waals surface area contributed by atoms with Gasteiger partial charge in [0.05, 0.1) is 24.1 Å². The smallest absolute Gasteiger partial charge is 0.148 e. The highest BCUT2D eigenvalue weighted by Crippen LogP contribution is 2.28. The van der Waals surface area contributed by atoms with Crippen LogP contribution in [0.15, 0.2) is 48.5 Å². The van der Waals surface area contributed by atoms with Gasteiger partial charge in [0.1, 0.15) is 23.5 Å². The van der Waals surface area contributed by atoms with Crippen molar-refractivity contribution in [2.75, 3.05) is 26.5 Å². The lowest BCUT2D eigenvalue weighted by molar-refractivity contribution is 0.414. The Hall–Kier alpha value is -3.37. The van der Waals surface area contributed by atoms with Crippen LogP contribution in [0.1, 0.15) is 37.7 Å². The molecule has 1 fully saturated rings. The van der Waals surface area contributed by atoms with Gasteiger partial charge in [-0.25, -0.2) is 9.07 Å². The van der Waals surface area contributed by atoms with E-state index < -0.39 is 5.82 Å². The minimum Gasteiger partial charge on any atom is -0.497 e. The van der Waals surface area contributed by atoms with Gasteiger partial charge in [0, 0.05) is 18.7 Å². The highest BCUT2D eigenvalue weighted by molar-refractivity contribution is 5.67. The SMILES string of the molecule is C1CCCC1.CN.CNc1cc(-c2ccc(C#N)c(F)c2)n(-c2ccc(OC)cc2)n1. The number of methoxy groups -OCH3 is 1. The van der Waals surface area contributed by atoms with Crippen LogP contribution in [0, 0.1) is 17.1 Å². The molecule has 0 bridgehead atoms. The van der Waals surface area contributed by atoms with Gasteiger partial charge in [0.25, 0.3) is 0 Å². The van der Waals surface area contributed by atoms with Crippen molar-refractivity contribution in [3.63, 3.8) is 0 Å². The molecule has 1 aromatic heterocycles. The maximum atomic E-state index is 14.0. The first-order valence-corrected chi connectivity index (χ1v) is 10.4. The van der Waals surface area contributed by atoms with Gasteiger partial charge in [-0.2, -0.15) is 5.26 Å². The van der Waals surface area contributed by atoms with Crippen LogP contribution >= 0.6 is 0 Å². The minimum atomic E-state index is -0.552. The highest BCUT2D eigenvalue weighted by atomic mass is 19.1. The number of nitrogens with two attached hydrogens (primary N) is 1. The lowest BCUT2D eigenvalue weighted by Gasteiger charge is -2.09. The molecule has 6 nitrogen and oxygen atoms in total. The largest absolute Gasteiger partial charge is 0.497 e. The topological polar surface area (TPSA) is 88.9 Å². The first-order chi connectivity index (χ1) is 15.2. The molecule has 164 valence electrons. The Morgan fingerprint density at radius 2 is 1.65 bits per heavy atom. The summed E-state index contributed by atoms with van der Waals surface area (Å²) >= 11 is 0. The molecule has 1 aliphatic rings.